The Balaban J connectivity index is 1.55. The topological polar surface area (TPSA) is 41.4 Å². The molecule has 0 N–H and O–H groups in total. The largest absolute Gasteiger partial charge is 0.366 e. The molecule has 0 bridgehead atoms. The molecule has 3 aromatic rings. The second kappa shape index (κ2) is 8.24. The van der Waals surface area contributed by atoms with Crippen molar-refractivity contribution in [3.8, 4) is 5.69 Å². The molecule has 0 aliphatic carbocycles. The molecule has 5 nitrogen and oxygen atoms in total. The van der Waals surface area contributed by atoms with Gasteiger partial charge in [-0.3, -0.25) is 9.36 Å². The first-order valence-electron chi connectivity index (χ1n) is 9.25. The summed E-state index contributed by atoms with van der Waals surface area (Å²) < 4.78 is 29.1. The van der Waals surface area contributed by atoms with Crippen LogP contribution in [0.15, 0.2) is 59.9 Å². The Kier molecular flexibility index (Phi) is 5.53. The zero-order valence-corrected chi connectivity index (χ0v) is 16.7. The highest BCUT2D eigenvalue weighted by Crippen LogP contribution is 2.24. The van der Waals surface area contributed by atoms with Gasteiger partial charge >= 0.3 is 0 Å². The van der Waals surface area contributed by atoms with E-state index in [1.807, 2.05) is 11.2 Å². The van der Waals surface area contributed by atoms with Gasteiger partial charge in [-0.15, -0.1) is 0 Å². The van der Waals surface area contributed by atoms with Gasteiger partial charge in [-0.25, -0.2) is 13.8 Å². The monoisotopic (exact) mass is 414 g/mol. The normalized spacial score (nSPS) is 14.3. The molecule has 1 fully saturated rings. The van der Waals surface area contributed by atoms with Crippen LogP contribution in [0.3, 0.4) is 0 Å². The Labute approximate surface area is 172 Å². The van der Waals surface area contributed by atoms with E-state index in [1.54, 1.807) is 46.0 Å². The highest BCUT2D eigenvalue weighted by molar-refractivity contribution is 7.98. The van der Waals surface area contributed by atoms with E-state index in [0.717, 1.165) is 0 Å². The quantitative estimate of drug-likeness (QED) is 0.609. The average Bonchev–Trinajstić information content (AvgIpc) is 3.18. The van der Waals surface area contributed by atoms with Crippen molar-refractivity contribution in [1.29, 1.82) is 0 Å². The SMILES string of the molecule is CSc1ncc(C(=O)N2CCN(c3ccccc3F)CC2)n1-c1ccc(F)cc1. The van der Waals surface area contributed by atoms with Gasteiger partial charge in [0, 0.05) is 31.9 Å². The Bertz CT molecular complexity index is 1010. The molecule has 0 radical (unpaired) electrons. The van der Waals surface area contributed by atoms with Crippen molar-refractivity contribution in [3.63, 3.8) is 0 Å². The average molecular weight is 414 g/mol. The third-order valence-electron chi connectivity index (χ3n) is 4.98. The summed E-state index contributed by atoms with van der Waals surface area (Å²) >= 11 is 1.42. The summed E-state index contributed by atoms with van der Waals surface area (Å²) in [5, 5.41) is 0.657. The van der Waals surface area contributed by atoms with Gasteiger partial charge in [-0.1, -0.05) is 23.9 Å². The number of aromatic nitrogens is 2. The number of rotatable bonds is 4. The number of thioether (sulfide) groups is 1. The van der Waals surface area contributed by atoms with E-state index in [9.17, 15) is 13.6 Å². The number of imidazole rings is 1. The Morgan fingerprint density at radius 2 is 1.69 bits per heavy atom. The molecule has 29 heavy (non-hydrogen) atoms. The molecule has 2 heterocycles. The maximum atomic E-state index is 14.0. The second-order valence-corrected chi connectivity index (χ2v) is 7.45. The van der Waals surface area contributed by atoms with Crippen molar-refractivity contribution in [2.24, 2.45) is 0 Å². The number of benzene rings is 2. The predicted molar refractivity (Wildman–Crippen MR) is 110 cm³/mol. The number of halogens is 2. The van der Waals surface area contributed by atoms with E-state index in [0.29, 0.717) is 48.4 Å². The van der Waals surface area contributed by atoms with Gasteiger partial charge < -0.3 is 9.80 Å². The van der Waals surface area contributed by atoms with E-state index < -0.39 is 0 Å². The lowest BCUT2D eigenvalue weighted by atomic mass is 10.2. The molecule has 8 heteroatoms. The molecular weight excluding hydrogens is 394 g/mol. The van der Waals surface area contributed by atoms with Crippen LogP contribution in [0.25, 0.3) is 5.69 Å². The fourth-order valence-corrected chi connectivity index (χ4v) is 4.03. The van der Waals surface area contributed by atoms with E-state index >= 15 is 0 Å². The van der Waals surface area contributed by atoms with Gasteiger partial charge in [0.15, 0.2) is 5.16 Å². The van der Waals surface area contributed by atoms with Crippen molar-refractivity contribution < 1.29 is 13.6 Å². The highest BCUT2D eigenvalue weighted by atomic mass is 32.2. The number of para-hydroxylation sites is 1. The first kappa shape index (κ1) is 19.4. The number of amides is 1. The molecule has 1 saturated heterocycles. The van der Waals surface area contributed by atoms with Crippen LogP contribution in [0.2, 0.25) is 0 Å². The van der Waals surface area contributed by atoms with E-state index in [1.165, 1.54) is 30.0 Å². The third-order valence-corrected chi connectivity index (χ3v) is 5.63. The molecular formula is C21H20F2N4OS. The zero-order valence-electron chi connectivity index (χ0n) is 15.9. The first-order chi connectivity index (χ1) is 14.1. The van der Waals surface area contributed by atoms with Crippen LogP contribution < -0.4 is 4.90 Å². The number of hydrogen-bond donors (Lipinski definition) is 0. The standard InChI is InChI=1S/C21H20F2N4OS/c1-29-21-24-14-19(27(21)16-8-6-15(22)7-9-16)20(28)26-12-10-25(11-13-26)18-5-3-2-4-17(18)23/h2-9,14H,10-13H2,1H3. The van der Waals surface area contributed by atoms with Crippen LogP contribution in [0.4, 0.5) is 14.5 Å². The van der Waals surface area contributed by atoms with Crippen LogP contribution in [0, 0.1) is 11.6 Å². The molecule has 0 spiro atoms. The van der Waals surface area contributed by atoms with Crippen LogP contribution in [0.1, 0.15) is 10.5 Å². The fourth-order valence-electron chi connectivity index (χ4n) is 3.49. The third kappa shape index (κ3) is 3.85. The van der Waals surface area contributed by atoms with E-state index in [4.69, 9.17) is 0 Å². The number of anilines is 1. The first-order valence-corrected chi connectivity index (χ1v) is 10.5. The van der Waals surface area contributed by atoms with Gasteiger partial charge in [0.1, 0.15) is 17.3 Å². The van der Waals surface area contributed by atoms with Crippen LogP contribution in [0.5, 0.6) is 0 Å². The summed E-state index contributed by atoms with van der Waals surface area (Å²) in [7, 11) is 0. The van der Waals surface area contributed by atoms with Gasteiger partial charge in [0.05, 0.1) is 11.9 Å². The summed E-state index contributed by atoms with van der Waals surface area (Å²) in [4.78, 5) is 21.2. The molecule has 1 aromatic heterocycles. The molecule has 1 amide bonds. The number of carbonyl (C=O) groups excluding carboxylic acids is 1. The molecule has 1 aliphatic rings. The van der Waals surface area contributed by atoms with Crippen molar-refractivity contribution in [2.45, 2.75) is 5.16 Å². The summed E-state index contributed by atoms with van der Waals surface area (Å²) in [5.41, 5.74) is 1.67. The Hall–Kier alpha value is -2.87. The summed E-state index contributed by atoms with van der Waals surface area (Å²) in [6, 6.07) is 12.6. The van der Waals surface area contributed by atoms with Crippen LogP contribution >= 0.6 is 11.8 Å². The summed E-state index contributed by atoms with van der Waals surface area (Å²) in [5.74, 6) is -0.738. The molecule has 2 aromatic carbocycles. The minimum absolute atomic E-state index is 0.143. The van der Waals surface area contributed by atoms with Crippen LogP contribution in [-0.2, 0) is 0 Å². The molecule has 0 unspecified atom stereocenters. The van der Waals surface area contributed by atoms with Gasteiger partial charge in [-0.05, 0) is 42.7 Å². The highest BCUT2D eigenvalue weighted by Gasteiger charge is 2.27. The summed E-state index contributed by atoms with van der Waals surface area (Å²) in [6.45, 7) is 2.06. The lowest BCUT2D eigenvalue weighted by Gasteiger charge is -2.36. The molecule has 0 saturated carbocycles. The van der Waals surface area contributed by atoms with E-state index in [2.05, 4.69) is 4.98 Å². The van der Waals surface area contributed by atoms with Crippen molar-refractivity contribution in [1.82, 2.24) is 14.5 Å². The molecule has 1 aliphatic heterocycles. The number of nitrogens with zero attached hydrogens (tertiary/aromatic N) is 4. The van der Waals surface area contributed by atoms with Crippen molar-refractivity contribution >= 4 is 23.4 Å². The number of carbonyl (C=O) groups is 1. The molecule has 150 valence electrons. The fraction of sp³-hybridized carbons (Fsp3) is 0.238. The van der Waals surface area contributed by atoms with Crippen molar-refractivity contribution in [2.75, 3.05) is 37.3 Å². The molecule has 0 atom stereocenters. The smallest absolute Gasteiger partial charge is 0.272 e. The minimum Gasteiger partial charge on any atom is -0.366 e. The zero-order chi connectivity index (χ0) is 20.4. The summed E-state index contributed by atoms with van der Waals surface area (Å²) in [6.07, 6.45) is 3.44. The van der Waals surface area contributed by atoms with Gasteiger partial charge in [0.2, 0.25) is 0 Å². The lowest BCUT2D eigenvalue weighted by Crippen LogP contribution is -2.49. The minimum atomic E-state index is -0.336. The second-order valence-electron chi connectivity index (χ2n) is 6.67. The predicted octanol–water partition coefficient (Wildman–Crippen LogP) is 3.83. The maximum Gasteiger partial charge on any atom is 0.272 e. The number of hydrogen-bond acceptors (Lipinski definition) is 4. The van der Waals surface area contributed by atoms with Crippen LogP contribution in [-0.4, -0.2) is 52.8 Å². The van der Waals surface area contributed by atoms with Crippen molar-refractivity contribution in [3.05, 3.63) is 72.1 Å². The lowest BCUT2D eigenvalue weighted by molar-refractivity contribution is 0.0738. The molecule has 4 rings (SSSR count). The maximum absolute atomic E-state index is 14.0. The van der Waals surface area contributed by atoms with Gasteiger partial charge in [-0.2, -0.15) is 0 Å². The Morgan fingerprint density at radius 1 is 1.00 bits per heavy atom. The van der Waals surface area contributed by atoms with E-state index in [-0.39, 0.29) is 17.5 Å². The van der Waals surface area contributed by atoms with Gasteiger partial charge in [0.25, 0.3) is 5.91 Å². The Morgan fingerprint density at radius 3 is 2.34 bits per heavy atom. The number of piperazine rings is 1.